The molecule has 1 aromatic carbocycles. The summed E-state index contributed by atoms with van der Waals surface area (Å²) >= 11 is 0. The summed E-state index contributed by atoms with van der Waals surface area (Å²) in [5.74, 6) is 0. The van der Waals surface area contributed by atoms with Crippen molar-refractivity contribution in [1.29, 1.82) is 0 Å². The molecule has 1 aliphatic rings. The molecule has 0 amide bonds. The van der Waals surface area contributed by atoms with Crippen LogP contribution in [0.5, 0.6) is 0 Å². The molecule has 0 spiro atoms. The minimum absolute atomic E-state index is 0.183. The van der Waals surface area contributed by atoms with Crippen LogP contribution in [-0.2, 0) is 12.0 Å². The molecule has 0 fully saturated rings. The van der Waals surface area contributed by atoms with Crippen LogP contribution in [0.2, 0.25) is 0 Å². The Labute approximate surface area is 97.7 Å². The van der Waals surface area contributed by atoms with Crippen molar-refractivity contribution < 1.29 is 5.11 Å². The van der Waals surface area contributed by atoms with Crippen LogP contribution in [0, 0.1) is 0 Å². The molecular formula is C14H21NO. The van der Waals surface area contributed by atoms with Crippen LogP contribution in [0.25, 0.3) is 0 Å². The van der Waals surface area contributed by atoms with E-state index in [1.807, 2.05) is 0 Å². The van der Waals surface area contributed by atoms with E-state index >= 15 is 0 Å². The van der Waals surface area contributed by atoms with Crippen molar-refractivity contribution in [3.63, 3.8) is 0 Å². The Morgan fingerprint density at radius 3 is 2.81 bits per heavy atom. The molecule has 88 valence electrons. The molecule has 0 bridgehead atoms. The third-order valence-electron chi connectivity index (χ3n) is 3.42. The first-order valence-corrected chi connectivity index (χ1v) is 6.15. The SMILES string of the molecule is CC(C)NC1(CO)CCCc2ccccc21. The van der Waals surface area contributed by atoms with E-state index < -0.39 is 0 Å². The van der Waals surface area contributed by atoms with Crippen LogP contribution in [0.1, 0.15) is 37.8 Å². The molecule has 2 rings (SSSR count). The van der Waals surface area contributed by atoms with Gasteiger partial charge in [0.1, 0.15) is 0 Å². The van der Waals surface area contributed by atoms with Crippen LogP contribution in [0.15, 0.2) is 24.3 Å². The number of benzene rings is 1. The van der Waals surface area contributed by atoms with Gasteiger partial charge in [0.15, 0.2) is 0 Å². The largest absolute Gasteiger partial charge is 0.394 e. The maximum Gasteiger partial charge on any atom is 0.0673 e. The number of fused-ring (bicyclic) bond motifs is 1. The highest BCUT2D eigenvalue weighted by Crippen LogP contribution is 2.35. The fourth-order valence-corrected chi connectivity index (χ4v) is 2.83. The fraction of sp³-hybridized carbons (Fsp3) is 0.571. The molecule has 1 aliphatic carbocycles. The van der Waals surface area contributed by atoms with E-state index in [2.05, 4.69) is 43.4 Å². The van der Waals surface area contributed by atoms with Gasteiger partial charge < -0.3 is 10.4 Å². The maximum atomic E-state index is 9.77. The van der Waals surface area contributed by atoms with Gasteiger partial charge in [-0.1, -0.05) is 24.3 Å². The Bertz CT molecular complexity index is 362. The lowest BCUT2D eigenvalue weighted by atomic mass is 9.76. The lowest BCUT2D eigenvalue weighted by Gasteiger charge is -2.40. The summed E-state index contributed by atoms with van der Waals surface area (Å²) in [6.07, 6.45) is 3.31. The molecular weight excluding hydrogens is 198 g/mol. The average Bonchev–Trinajstić information content (AvgIpc) is 2.29. The van der Waals surface area contributed by atoms with Gasteiger partial charge in [-0.15, -0.1) is 0 Å². The van der Waals surface area contributed by atoms with E-state index in [0.717, 1.165) is 19.3 Å². The molecule has 2 N–H and O–H groups in total. The van der Waals surface area contributed by atoms with Crippen LogP contribution >= 0.6 is 0 Å². The highest BCUT2D eigenvalue weighted by atomic mass is 16.3. The van der Waals surface area contributed by atoms with E-state index in [9.17, 15) is 5.11 Å². The summed E-state index contributed by atoms with van der Waals surface area (Å²) in [7, 11) is 0. The zero-order valence-corrected chi connectivity index (χ0v) is 10.2. The molecule has 1 unspecified atom stereocenters. The van der Waals surface area contributed by atoms with Gasteiger partial charge in [0.05, 0.1) is 12.1 Å². The highest BCUT2D eigenvalue weighted by molar-refractivity contribution is 5.36. The average molecular weight is 219 g/mol. The van der Waals surface area contributed by atoms with Crippen molar-refractivity contribution in [3.05, 3.63) is 35.4 Å². The number of aliphatic hydroxyl groups excluding tert-OH is 1. The van der Waals surface area contributed by atoms with Gasteiger partial charge >= 0.3 is 0 Å². The standard InChI is InChI=1S/C14H21NO/c1-11(2)15-14(10-16)9-5-7-12-6-3-4-8-13(12)14/h3-4,6,8,11,15-16H,5,7,9-10H2,1-2H3. The zero-order valence-electron chi connectivity index (χ0n) is 10.2. The zero-order chi connectivity index (χ0) is 11.6. The van der Waals surface area contributed by atoms with E-state index in [1.165, 1.54) is 11.1 Å². The third-order valence-corrected chi connectivity index (χ3v) is 3.42. The second kappa shape index (κ2) is 4.56. The van der Waals surface area contributed by atoms with E-state index in [-0.39, 0.29) is 12.1 Å². The summed E-state index contributed by atoms with van der Waals surface area (Å²) < 4.78 is 0. The molecule has 0 radical (unpaired) electrons. The van der Waals surface area contributed by atoms with Gasteiger partial charge in [-0.25, -0.2) is 0 Å². The van der Waals surface area contributed by atoms with E-state index in [1.54, 1.807) is 0 Å². The topological polar surface area (TPSA) is 32.3 Å². The number of hydrogen-bond acceptors (Lipinski definition) is 2. The van der Waals surface area contributed by atoms with Crippen LogP contribution < -0.4 is 5.32 Å². The quantitative estimate of drug-likeness (QED) is 0.817. The Balaban J connectivity index is 2.40. The smallest absolute Gasteiger partial charge is 0.0673 e. The van der Waals surface area contributed by atoms with Gasteiger partial charge in [0.2, 0.25) is 0 Å². The number of rotatable bonds is 3. The lowest BCUT2D eigenvalue weighted by molar-refractivity contribution is 0.133. The Morgan fingerprint density at radius 2 is 2.12 bits per heavy atom. The minimum Gasteiger partial charge on any atom is -0.394 e. The summed E-state index contributed by atoms with van der Waals surface area (Å²) in [5, 5.41) is 13.3. The Hall–Kier alpha value is -0.860. The Morgan fingerprint density at radius 1 is 1.38 bits per heavy atom. The van der Waals surface area contributed by atoms with Gasteiger partial charge in [-0.05, 0) is 44.2 Å². The van der Waals surface area contributed by atoms with Crippen LogP contribution in [0.3, 0.4) is 0 Å². The predicted octanol–water partition coefficient (Wildman–Crippen LogP) is 2.21. The molecule has 2 nitrogen and oxygen atoms in total. The Kier molecular flexibility index (Phi) is 3.31. The van der Waals surface area contributed by atoms with Crippen molar-refractivity contribution in [3.8, 4) is 0 Å². The molecule has 0 aromatic heterocycles. The number of nitrogens with one attached hydrogen (secondary N) is 1. The minimum atomic E-state index is -0.219. The molecule has 1 aromatic rings. The second-order valence-electron chi connectivity index (χ2n) is 5.05. The normalized spacial score (nSPS) is 24.5. The first-order valence-electron chi connectivity index (χ1n) is 6.15. The molecule has 0 saturated carbocycles. The molecule has 16 heavy (non-hydrogen) atoms. The fourth-order valence-electron chi connectivity index (χ4n) is 2.83. The van der Waals surface area contributed by atoms with Crippen molar-refractivity contribution >= 4 is 0 Å². The summed E-state index contributed by atoms with van der Waals surface area (Å²) in [5.41, 5.74) is 2.46. The van der Waals surface area contributed by atoms with Gasteiger partial charge in [0.25, 0.3) is 0 Å². The number of aryl methyl sites for hydroxylation is 1. The predicted molar refractivity (Wildman–Crippen MR) is 66.4 cm³/mol. The lowest BCUT2D eigenvalue weighted by Crippen LogP contribution is -2.50. The van der Waals surface area contributed by atoms with Crippen molar-refractivity contribution in [2.24, 2.45) is 0 Å². The van der Waals surface area contributed by atoms with Crippen LogP contribution in [-0.4, -0.2) is 17.8 Å². The van der Waals surface area contributed by atoms with E-state index in [4.69, 9.17) is 0 Å². The van der Waals surface area contributed by atoms with Gasteiger partial charge in [0, 0.05) is 6.04 Å². The number of hydrogen-bond donors (Lipinski definition) is 2. The van der Waals surface area contributed by atoms with Crippen molar-refractivity contribution in [2.45, 2.75) is 44.7 Å². The first-order chi connectivity index (χ1) is 7.68. The highest BCUT2D eigenvalue weighted by Gasteiger charge is 2.35. The molecule has 1 atom stereocenters. The van der Waals surface area contributed by atoms with Crippen molar-refractivity contribution in [2.75, 3.05) is 6.61 Å². The monoisotopic (exact) mass is 219 g/mol. The third kappa shape index (κ3) is 2.00. The molecule has 0 heterocycles. The number of aliphatic hydroxyl groups is 1. The molecule has 0 aliphatic heterocycles. The second-order valence-corrected chi connectivity index (χ2v) is 5.05. The molecule has 0 saturated heterocycles. The van der Waals surface area contributed by atoms with E-state index in [0.29, 0.717) is 6.04 Å². The summed E-state index contributed by atoms with van der Waals surface area (Å²) in [6.45, 7) is 4.45. The van der Waals surface area contributed by atoms with Gasteiger partial charge in [-0.3, -0.25) is 0 Å². The first kappa shape index (κ1) is 11.6. The maximum absolute atomic E-state index is 9.77. The molecule has 2 heteroatoms. The van der Waals surface area contributed by atoms with Gasteiger partial charge in [-0.2, -0.15) is 0 Å². The summed E-state index contributed by atoms with van der Waals surface area (Å²) in [4.78, 5) is 0. The van der Waals surface area contributed by atoms with Crippen molar-refractivity contribution in [1.82, 2.24) is 5.32 Å². The van der Waals surface area contributed by atoms with Crippen LogP contribution in [0.4, 0.5) is 0 Å². The summed E-state index contributed by atoms with van der Waals surface area (Å²) in [6, 6.07) is 8.87.